The lowest BCUT2D eigenvalue weighted by Gasteiger charge is -2.34. The maximum Gasteiger partial charge on any atom is 0.136 e. The number of nitrogens with zero attached hydrogens (tertiary/aromatic N) is 4. The van der Waals surface area contributed by atoms with E-state index in [9.17, 15) is 0 Å². The van der Waals surface area contributed by atoms with Gasteiger partial charge in [-0.25, -0.2) is 9.97 Å². The number of anilines is 1. The Morgan fingerprint density at radius 3 is 2.96 bits per heavy atom. The zero-order chi connectivity index (χ0) is 15.6. The molecule has 4 heteroatoms. The molecule has 1 aromatic carbocycles. The molecule has 0 N–H and O–H groups in total. The van der Waals surface area contributed by atoms with Crippen molar-refractivity contribution in [3.63, 3.8) is 0 Å². The van der Waals surface area contributed by atoms with Crippen LogP contribution in [0, 0.1) is 0 Å². The molecule has 0 aliphatic carbocycles. The molecule has 0 unspecified atom stereocenters. The molecule has 3 heterocycles. The molecule has 2 aromatic heterocycles. The van der Waals surface area contributed by atoms with Crippen LogP contribution in [0.5, 0.6) is 0 Å². The average molecular weight is 306 g/mol. The molecule has 0 spiro atoms. The number of aryl methyl sites for hydroxylation is 1. The number of fused-ring (bicyclic) bond motifs is 1. The zero-order valence-corrected chi connectivity index (χ0v) is 13.5. The highest BCUT2D eigenvalue weighted by atomic mass is 15.2. The van der Waals surface area contributed by atoms with Gasteiger partial charge in [0.25, 0.3) is 0 Å². The molecule has 0 saturated carbocycles. The van der Waals surface area contributed by atoms with Crippen LogP contribution >= 0.6 is 0 Å². The predicted molar refractivity (Wildman–Crippen MR) is 93.8 cm³/mol. The van der Waals surface area contributed by atoms with Gasteiger partial charge in [-0.2, -0.15) is 0 Å². The molecule has 4 nitrogen and oxygen atoms in total. The van der Waals surface area contributed by atoms with Crippen LogP contribution in [-0.4, -0.2) is 27.6 Å². The summed E-state index contributed by atoms with van der Waals surface area (Å²) in [5.41, 5.74) is 0. The van der Waals surface area contributed by atoms with Gasteiger partial charge in [-0.3, -0.25) is 0 Å². The molecule has 1 fully saturated rings. The lowest BCUT2D eigenvalue weighted by Crippen LogP contribution is -2.36. The zero-order valence-electron chi connectivity index (χ0n) is 13.5. The van der Waals surface area contributed by atoms with Gasteiger partial charge in [-0.15, -0.1) is 0 Å². The van der Waals surface area contributed by atoms with Crippen molar-refractivity contribution in [1.29, 1.82) is 0 Å². The number of hydrogen-bond acceptors (Lipinski definition) is 3. The molecule has 0 bridgehead atoms. The predicted octanol–water partition coefficient (Wildman–Crippen LogP) is 3.84. The molecule has 0 amide bonds. The highest BCUT2D eigenvalue weighted by molar-refractivity contribution is 5.92. The fourth-order valence-electron chi connectivity index (χ4n) is 3.68. The van der Waals surface area contributed by atoms with Crippen molar-refractivity contribution in [2.75, 3.05) is 18.0 Å². The smallest absolute Gasteiger partial charge is 0.136 e. The van der Waals surface area contributed by atoms with E-state index in [1.807, 2.05) is 12.4 Å². The minimum atomic E-state index is 0.486. The summed E-state index contributed by atoms with van der Waals surface area (Å²) in [6, 6.07) is 10.6. The van der Waals surface area contributed by atoms with E-state index in [0.717, 1.165) is 25.5 Å². The summed E-state index contributed by atoms with van der Waals surface area (Å²) in [5, 5.41) is 2.50. The van der Waals surface area contributed by atoms with Gasteiger partial charge < -0.3 is 9.47 Å². The van der Waals surface area contributed by atoms with Gasteiger partial charge in [-0.05, 0) is 31.2 Å². The van der Waals surface area contributed by atoms with Crippen molar-refractivity contribution in [2.24, 2.45) is 0 Å². The fraction of sp³-hybridized carbons (Fsp3) is 0.368. The minimum absolute atomic E-state index is 0.486. The Hall–Kier alpha value is -2.36. The molecule has 0 radical (unpaired) electrons. The fourth-order valence-corrected chi connectivity index (χ4v) is 3.68. The summed E-state index contributed by atoms with van der Waals surface area (Å²) in [4.78, 5) is 11.7. The van der Waals surface area contributed by atoms with E-state index in [0.29, 0.717) is 5.92 Å². The summed E-state index contributed by atoms with van der Waals surface area (Å²) in [7, 11) is 0. The molecular weight excluding hydrogens is 284 g/mol. The lowest BCUT2D eigenvalue weighted by atomic mass is 9.96. The van der Waals surface area contributed by atoms with E-state index in [1.54, 1.807) is 0 Å². The Kier molecular flexibility index (Phi) is 3.74. The van der Waals surface area contributed by atoms with Crippen LogP contribution in [0.15, 0.2) is 48.9 Å². The molecule has 4 rings (SSSR count). The quantitative estimate of drug-likeness (QED) is 0.737. The number of pyridine rings is 1. The number of rotatable bonds is 3. The summed E-state index contributed by atoms with van der Waals surface area (Å²) in [6.07, 6.45) is 8.33. The Morgan fingerprint density at radius 2 is 2.04 bits per heavy atom. The average Bonchev–Trinajstić information content (AvgIpc) is 3.10. The van der Waals surface area contributed by atoms with Gasteiger partial charge in [0.15, 0.2) is 0 Å². The molecular formula is C19H22N4. The number of piperidine rings is 1. The van der Waals surface area contributed by atoms with Crippen molar-refractivity contribution in [1.82, 2.24) is 14.5 Å². The Labute approximate surface area is 136 Å². The molecule has 23 heavy (non-hydrogen) atoms. The summed E-state index contributed by atoms with van der Waals surface area (Å²) in [6.45, 7) is 5.23. The lowest BCUT2D eigenvalue weighted by molar-refractivity contribution is 0.472. The second-order valence-electron chi connectivity index (χ2n) is 6.21. The Morgan fingerprint density at radius 1 is 1.13 bits per heavy atom. The van der Waals surface area contributed by atoms with Crippen LogP contribution in [0.3, 0.4) is 0 Å². The number of benzene rings is 1. The number of imidazole rings is 1. The molecule has 118 valence electrons. The highest BCUT2D eigenvalue weighted by Crippen LogP contribution is 2.31. The third kappa shape index (κ3) is 2.58. The van der Waals surface area contributed by atoms with Gasteiger partial charge in [0.1, 0.15) is 11.6 Å². The summed E-state index contributed by atoms with van der Waals surface area (Å²) < 4.78 is 2.27. The number of hydrogen-bond donors (Lipinski definition) is 0. The number of aromatic nitrogens is 3. The summed E-state index contributed by atoms with van der Waals surface area (Å²) >= 11 is 0. The van der Waals surface area contributed by atoms with Gasteiger partial charge in [0.05, 0.1) is 0 Å². The van der Waals surface area contributed by atoms with E-state index in [4.69, 9.17) is 0 Å². The Bertz CT molecular complexity index is 802. The van der Waals surface area contributed by atoms with E-state index < -0.39 is 0 Å². The van der Waals surface area contributed by atoms with Crippen molar-refractivity contribution in [3.05, 3.63) is 54.7 Å². The molecule has 1 saturated heterocycles. The van der Waals surface area contributed by atoms with Crippen molar-refractivity contribution in [3.8, 4) is 0 Å². The van der Waals surface area contributed by atoms with Crippen LogP contribution in [0.4, 0.5) is 5.82 Å². The largest absolute Gasteiger partial charge is 0.355 e. The maximum absolute atomic E-state index is 4.69. The van der Waals surface area contributed by atoms with Crippen LogP contribution in [0.1, 0.15) is 31.5 Å². The SMILES string of the molecule is CCn1ccnc1[C@@H]1CCCN(c2nccc3ccccc23)C1. The first-order valence-corrected chi connectivity index (χ1v) is 8.46. The molecule has 1 aliphatic heterocycles. The normalized spacial score (nSPS) is 18.5. The summed E-state index contributed by atoms with van der Waals surface area (Å²) in [5.74, 6) is 2.82. The highest BCUT2D eigenvalue weighted by Gasteiger charge is 2.26. The van der Waals surface area contributed by atoms with Crippen LogP contribution in [0.2, 0.25) is 0 Å². The van der Waals surface area contributed by atoms with E-state index in [2.05, 4.69) is 62.9 Å². The molecule has 1 aliphatic rings. The topological polar surface area (TPSA) is 34.0 Å². The van der Waals surface area contributed by atoms with Crippen LogP contribution < -0.4 is 4.90 Å². The third-order valence-corrected chi connectivity index (χ3v) is 4.83. The molecule has 1 atom stereocenters. The molecule has 3 aromatic rings. The van der Waals surface area contributed by atoms with Gasteiger partial charge in [-0.1, -0.05) is 24.3 Å². The third-order valence-electron chi connectivity index (χ3n) is 4.83. The van der Waals surface area contributed by atoms with Crippen molar-refractivity contribution >= 4 is 16.6 Å². The standard InChI is InChI=1S/C19H22N4/c1-2-22-13-11-21-18(22)16-7-5-12-23(14-16)19-17-8-4-3-6-15(17)9-10-20-19/h3-4,6,8-11,13,16H,2,5,7,12,14H2,1H3/t16-/m1/s1. The first-order valence-electron chi connectivity index (χ1n) is 8.46. The van der Waals surface area contributed by atoms with Crippen molar-refractivity contribution < 1.29 is 0 Å². The van der Waals surface area contributed by atoms with Gasteiger partial charge in [0.2, 0.25) is 0 Å². The van der Waals surface area contributed by atoms with Gasteiger partial charge >= 0.3 is 0 Å². The van der Waals surface area contributed by atoms with Crippen LogP contribution in [-0.2, 0) is 6.54 Å². The monoisotopic (exact) mass is 306 g/mol. The maximum atomic E-state index is 4.69. The second kappa shape index (κ2) is 6.03. The minimum Gasteiger partial charge on any atom is -0.355 e. The van der Waals surface area contributed by atoms with Crippen LogP contribution in [0.25, 0.3) is 10.8 Å². The first-order chi connectivity index (χ1) is 11.4. The second-order valence-corrected chi connectivity index (χ2v) is 6.21. The van der Waals surface area contributed by atoms with Gasteiger partial charge in [0, 0.05) is 49.5 Å². The van der Waals surface area contributed by atoms with E-state index in [1.165, 1.54) is 29.4 Å². The Balaban J connectivity index is 1.67. The van der Waals surface area contributed by atoms with Crippen molar-refractivity contribution in [2.45, 2.75) is 32.2 Å². The first kappa shape index (κ1) is 14.2. The van der Waals surface area contributed by atoms with E-state index >= 15 is 0 Å². The van der Waals surface area contributed by atoms with E-state index in [-0.39, 0.29) is 0 Å².